The molecule has 1 heterocycles. The molecule has 0 atom stereocenters. The molecule has 0 N–H and O–H groups in total. The van der Waals surface area contributed by atoms with Gasteiger partial charge in [-0.2, -0.15) is 0 Å². The number of nitrogens with zero attached hydrogens (tertiary/aromatic N) is 3. The van der Waals surface area contributed by atoms with E-state index in [-0.39, 0.29) is 5.97 Å². The van der Waals surface area contributed by atoms with Crippen LogP contribution < -0.4 is 4.74 Å². The van der Waals surface area contributed by atoms with Gasteiger partial charge in [0.05, 0.1) is 17.6 Å². The second-order valence-corrected chi connectivity index (χ2v) is 7.63. The van der Waals surface area contributed by atoms with E-state index < -0.39 is 0 Å². The number of carbonyl (C=O) groups is 1. The van der Waals surface area contributed by atoms with Crippen molar-refractivity contribution in [3.05, 3.63) is 125 Å². The zero-order valence-electron chi connectivity index (χ0n) is 17.4. The Morgan fingerprint density at radius 1 is 0.719 bits per heavy atom. The SMILES string of the molecule is O=C(Oc1ccc(Cc2ccccc2)cc1)c1ccc(Cn2nnc3ccccc32)cc1. The summed E-state index contributed by atoms with van der Waals surface area (Å²) in [5, 5.41) is 8.39. The van der Waals surface area contributed by atoms with Crippen LogP contribution in [0.2, 0.25) is 0 Å². The number of aromatic nitrogens is 3. The summed E-state index contributed by atoms with van der Waals surface area (Å²) in [5.74, 6) is 0.156. The highest BCUT2D eigenvalue weighted by atomic mass is 16.5. The van der Waals surface area contributed by atoms with Crippen LogP contribution in [0, 0.1) is 0 Å². The van der Waals surface area contributed by atoms with Gasteiger partial charge in [0.1, 0.15) is 11.3 Å². The van der Waals surface area contributed by atoms with Gasteiger partial charge in [-0.3, -0.25) is 0 Å². The predicted molar refractivity (Wildman–Crippen MR) is 124 cm³/mol. The number of hydrogen-bond donors (Lipinski definition) is 0. The van der Waals surface area contributed by atoms with Crippen molar-refractivity contribution in [2.75, 3.05) is 0 Å². The first kappa shape index (κ1) is 19.7. The highest BCUT2D eigenvalue weighted by molar-refractivity contribution is 5.91. The summed E-state index contributed by atoms with van der Waals surface area (Å²) in [6, 6.07) is 33.1. The van der Waals surface area contributed by atoms with Crippen LogP contribution in [0.4, 0.5) is 0 Å². The fourth-order valence-electron chi connectivity index (χ4n) is 3.63. The van der Waals surface area contributed by atoms with E-state index >= 15 is 0 Å². The third-order valence-electron chi connectivity index (χ3n) is 5.33. The number of esters is 1. The molecule has 5 rings (SSSR count). The Morgan fingerprint density at radius 2 is 1.38 bits per heavy atom. The summed E-state index contributed by atoms with van der Waals surface area (Å²) >= 11 is 0. The Hall–Kier alpha value is -4.25. The molecule has 0 radical (unpaired) electrons. The largest absolute Gasteiger partial charge is 0.423 e. The van der Waals surface area contributed by atoms with Crippen molar-refractivity contribution in [2.45, 2.75) is 13.0 Å². The van der Waals surface area contributed by atoms with Crippen LogP contribution in [-0.4, -0.2) is 21.0 Å². The van der Waals surface area contributed by atoms with Crippen LogP contribution in [0.1, 0.15) is 27.0 Å². The van der Waals surface area contributed by atoms with Gasteiger partial charge in [-0.15, -0.1) is 5.10 Å². The molecule has 32 heavy (non-hydrogen) atoms. The van der Waals surface area contributed by atoms with Gasteiger partial charge < -0.3 is 4.74 Å². The topological polar surface area (TPSA) is 57.0 Å². The lowest BCUT2D eigenvalue weighted by molar-refractivity contribution is 0.0734. The molecule has 0 unspecified atom stereocenters. The lowest BCUT2D eigenvalue weighted by atomic mass is 10.1. The van der Waals surface area contributed by atoms with Gasteiger partial charge in [0, 0.05) is 0 Å². The van der Waals surface area contributed by atoms with Crippen molar-refractivity contribution < 1.29 is 9.53 Å². The minimum atomic E-state index is -0.376. The van der Waals surface area contributed by atoms with Crippen molar-refractivity contribution in [2.24, 2.45) is 0 Å². The van der Waals surface area contributed by atoms with E-state index in [9.17, 15) is 4.79 Å². The molecule has 0 amide bonds. The zero-order chi connectivity index (χ0) is 21.8. The van der Waals surface area contributed by atoms with Crippen molar-refractivity contribution >= 4 is 17.0 Å². The molecule has 0 saturated carbocycles. The Morgan fingerprint density at radius 3 is 2.16 bits per heavy atom. The number of carbonyl (C=O) groups excluding carboxylic acids is 1. The van der Waals surface area contributed by atoms with Crippen molar-refractivity contribution in [3.8, 4) is 5.75 Å². The summed E-state index contributed by atoms with van der Waals surface area (Å²) in [6.07, 6.45) is 0.845. The van der Waals surface area contributed by atoms with E-state index in [1.807, 2.05) is 83.5 Å². The molecule has 5 aromatic rings. The molecule has 4 aromatic carbocycles. The van der Waals surface area contributed by atoms with E-state index in [0.29, 0.717) is 17.9 Å². The van der Waals surface area contributed by atoms with Crippen LogP contribution in [0.5, 0.6) is 5.75 Å². The Balaban J connectivity index is 1.22. The minimum absolute atomic E-state index is 0.376. The fraction of sp³-hybridized carbons (Fsp3) is 0.0741. The molecule has 0 aliphatic carbocycles. The Labute approximate surface area is 185 Å². The summed E-state index contributed by atoms with van der Waals surface area (Å²) in [5.41, 5.74) is 5.79. The average Bonchev–Trinajstić information content (AvgIpc) is 3.24. The smallest absolute Gasteiger partial charge is 0.343 e. The fourth-order valence-corrected chi connectivity index (χ4v) is 3.63. The normalized spacial score (nSPS) is 10.9. The average molecular weight is 419 g/mol. The second kappa shape index (κ2) is 8.86. The standard InChI is InChI=1S/C27H21N3O2/c31-27(32-24-16-12-21(13-17-24)18-20-6-2-1-3-7-20)23-14-10-22(11-15-23)19-30-26-9-5-4-8-25(26)28-29-30/h1-17H,18-19H2. The van der Waals surface area contributed by atoms with Gasteiger partial charge in [0.15, 0.2) is 0 Å². The molecule has 0 saturated heterocycles. The molecule has 1 aromatic heterocycles. The molecular weight excluding hydrogens is 398 g/mol. The maximum atomic E-state index is 12.5. The summed E-state index contributed by atoms with van der Waals surface area (Å²) in [7, 11) is 0. The van der Waals surface area contributed by atoms with Gasteiger partial charge in [-0.25, -0.2) is 9.48 Å². The first-order chi connectivity index (χ1) is 15.7. The minimum Gasteiger partial charge on any atom is -0.423 e. The molecule has 5 heteroatoms. The molecule has 0 fully saturated rings. The number of hydrogen-bond acceptors (Lipinski definition) is 4. The van der Waals surface area contributed by atoms with Gasteiger partial charge in [-0.05, 0) is 59.5 Å². The number of ether oxygens (including phenoxy) is 1. The van der Waals surface area contributed by atoms with E-state index in [4.69, 9.17) is 4.74 Å². The first-order valence-corrected chi connectivity index (χ1v) is 10.5. The zero-order valence-corrected chi connectivity index (χ0v) is 17.4. The number of fused-ring (bicyclic) bond motifs is 1. The van der Waals surface area contributed by atoms with Crippen LogP contribution in [0.3, 0.4) is 0 Å². The monoisotopic (exact) mass is 419 g/mol. The number of rotatable bonds is 6. The first-order valence-electron chi connectivity index (χ1n) is 10.5. The Bertz CT molecular complexity index is 1340. The third kappa shape index (κ3) is 4.42. The lowest BCUT2D eigenvalue weighted by Crippen LogP contribution is -2.09. The van der Waals surface area contributed by atoms with Crippen LogP contribution >= 0.6 is 0 Å². The number of para-hydroxylation sites is 1. The van der Waals surface area contributed by atoms with Crippen molar-refractivity contribution in [1.82, 2.24) is 15.0 Å². The lowest BCUT2D eigenvalue weighted by Gasteiger charge is -2.07. The molecule has 5 nitrogen and oxygen atoms in total. The summed E-state index contributed by atoms with van der Waals surface area (Å²) < 4.78 is 7.39. The summed E-state index contributed by atoms with van der Waals surface area (Å²) in [6.45, 7) is 0.582. The van der Waals surface area contributed by atoms with Crippen molar-refractivity contribution in [1.29, 1.82) is 0 Å². The van der Waals surface area contributed by atoms with Gasteiger partial charge in [0.25, 0.3) is 0 Å². The molecule has 156 valence electrons. The van der Waals surface area contributed by atoms with Gasteiger partial charge >= 0.3 is 5.97 Å². The van der Waals surface area contributed by atoms with Gasteiger partial charge in [0.2, 0.25) is 0 Å². The van der Waals surface area contributed by atoms with Crippen LogP contribution in [0.25, 0.3) is 11.0 Å². The quantitative estimate of drug-likeness (QED) is 0.277. The maximum absolute atomic E-state index is 12.5. The molecular formula is C27H21N3O2. The highest BCUT2D eigenvalue weighted by Gasteiger charge is 2.10. The third-order valence-corrected chi connectivity index (χ3v) is 5.33. The van der Waals surface area contributed by atoms with E-state index in [0.717, 1.165) is 23.0 Å². The highest BCUT2D eigenvalue weighted by Crippen LogP contribution is 2.18. The Kier molecular flexibility index (Phi) is 5.45. The van der Waals surface area contributed by atoms with Crippen molar-refractivity contribution in [3.63, 3.8) is 0 Å². The maximum Gasteiger partial charge on any atom is 0.343 e. The molecule has 0 spiro atoms. The molecule has 0 bridgehead atoms. The number of benzene rings is 4. The summed E-state index contributed by atoms with van der Waals surface area (Å²) in [4.78, 5) is 12.5. The van der Waals surface area contributed by atoms with Crippen LogP contribution in [0.15, 0.2) is 103 Å². The second-order valence-electron chi connectivity index (χ2n) is 7.63. The van der Waals surface area contributed by atoms with Crippen LogP contribution in [-0.2, 0) is 13.0 Å². The molecule has 0 aliphatic rings. The predicted octanol–water partition coefficient (Wildman–Crippen LogP) is 5.29. The van der Waals surface area contributed by atoms with E-state index in [1.54, 1.807) is 12.1 Å². The van der Waals surface area contributed by atoms with E-state index in [1.165, 1.54) is 11.1 Å². The molecule has 0 aliphatic heterocycles. The van der Waals surface area contributed by atoms with Gasteiger partial charge in [-0.1, -0.05) is 71.9 Å². The van der Waals surface area contributed by atoms with E-state index in [2.05, 4.69) is 22.4 Å².